The van der Waals surface area contributed by atoms with Crippen LogP contribution in [0.5, 0.6) is 0 Å². The highest BCUT2D eigenvalue weighted by Crippen LogP contribution is 2.49. The SMILES string of the molecule is C=C(CC)C1OC1OC1CCCC2(CCCCC2)C1. The van der Waals surface area contributed by atoms with Crippen LogP contribution >= 0.6 is 0 Å². The molecule has 0 aromatic rings. The van der Waals surface area contributed by atoms with Gasteiger partial charge in [-0.05, 0) is 49.5 Å². The average Bonchev–Trinajstić information content (AvgIpc) is 3.18. The van der Waals surface area contributed by atoms with Crippen molar-refractivity contribution in [2.45, 2.75) is 89.6 Å². The van der Waals surface area contributed by atoms with Gasteiger partial charge in [0.15, 0.2) is 6.29 Å². The lowest BCUT2D eigenvalue weighted by Gasteiger charge is -2.43. The number of hydrogen-bond donors (Lipinski definition) is 0. The fraction of sp³-hybridized carbons (Fsp3) is 0.882. The molecule has 0 bridgehead atoms. The molecule has 19 heavy (non-hydrogen) atoms. The van der Waals surface area contributed by atoms with Gasteiger partial charge in [-0.25, -0.2) is 0 Å². The molecule has 1 saturated heterocycles. The van der Waals surface area contributed by atoms with Crippen molar-refractivity contribution in [2.75, 3.05) is 0 Å². The first-order valence-electron chi connectivity index (χ1n) is 8.21. The molecule has 3 unspecified atom stereocenters. The molecule has 3 atom stereocenters. The second-order valence-corrected chi connectivity index (χ2v) is 6.85. The maximum absolute atomic E-state index is 6.18. The predicted molar refractivity (Wildman–Crippen MR) is 77.0 cm³/mol. The van der Waals surface area contributed by atoms with Gasteiger partial charge in [-0.1, -0.05) is 39.2 Å². The third kappa shape index (κ3) is 3.05. The van der Waals surface area contributed by atoms with Crippen LogP contribution < -0.4 is 0 Å². The van der Waals surface area contributed by atoms with Gasteiger partial charge in [-0.3, -0.25) is 0 Å². The third-order valence-corrected chi connectivity index (χ3v) is 5.44. The van der Waals surface area contributed by atoms with Crippen LogP contribution in [-0.2, 0) is 9.47 Å². The Kier molecular flexibility index (Phi) is 4.00. The Hall–Kier alpha value is -0.340. The Morgan fingerprint density at radius 2 is 1.95 bits per heavy atom. The van der Waals surface area contributed by atoms with Crippen LogP contribution in [0.4, 0.5) is 0 Å². The minimum atomic E-state index is 0.0243. The van der Waals surface area contributed by atoms with Crippen molar-refractivity contribution in [3.8, 4) is 0 Å². The van der Waals surface area contributed by atoms with Crippen molar-refractivity contribution in [1.82, 2.24) is 0 Å². The first kappa shape index (κ1) is 13.6. The van der Waals surface area contributed by atoms with Crippen molar-refractivity contribution in [2.24, 2.45) is 5.41 Å². The van der Waals surface area contributed by atoms with Crippen molar-refractivity contribution in [3.63, 3.8) is 0 Å². The van der Waals surface area contributed by atoms with Crippen molar-refractivity contribution in [3.05, 3.63) is 12.2 Å². The molecular formula is C17H28O2. The Labute approximate surface area is 117 Å². The summed E-state index contributed by atoms with van der Waals surface area (Å²) in [5.41, 5.74) is 1.81. The highest BCUT2D eigenvalue weighted by Gasteiger charge is 2.45. The zero-order chi connectivity index (χ0) is 13.3. The second kappa shape index (κ2) is 5.57. The summed E-state index contributed by atoms with van der Waals surface area (Å²) in [6.45, 7) is 6.19. The van der Waals surface area contributed by atoms with Gasteiger partial charge in [0.05, 0.1) is 6.10 Å². The first-order chi connectivity index (χ1) is 9.22. The zero-order valence-electron chi connectivity index (χ0n) is 12.3. The van der Waals surface area contributed by atoms with Gasteiger partial charge in [-0.2, -0.15) is 0 Å². The second-order valence-electron chi connectivity index (χ2n) is 6.85. The Morgan fingerprint density at radius 3 is 2.68 bits per heavy atom. The lowest BCUT2D eigenvalue weighted by Crippen LogP contribution is -2.35. The van der Waals surface area contributed by atoms with Crippen LogP contribution in [0, 0.1) is 5.41 Å². The molecule has 2 heteroatoms. The highest BCUT2D eigenvalue weighted by molar-refractivity contribution is 5.10. The van der Waals surface area contributed by atoms with Crippen molar-refractivity contribution in [1.29, 1.82) is 0 Å². The summed E-state index contributed by atoms with van der Waals surface area (Å²) >= 11 is 0. The topological polar surface area (TPSA) is 21.8 Å². The van der Waals surface area contributed by atoms with E-state index >= 15 is 0 Å². The molecule has 3 fully saturated rings. The van der Waals surface area contributed by atoms with Crippen LogP contribution in [0.3, 0.4) is 0 Å². The minimum absolute atomic E-state index is 0.0243. The van der Waals surface area contributed by atoms with E-state index in [1.807, 2.05) is 0 Å². The molecule has 2 aliphatic carbocycles. The molecule has 3 aliphatic rings. The summed E-state index contributed by atoms with van der Waals surface area (Å²) in [5, 5.41) is 0. The van der Waals surface area contributed by atoms with Crippen molar-refractivity contribution >= 4 is 0 Å². The number of ether oxygens (including phenoxy) is 2. The molecule has 3 rings (SSSR count). The maximum Gasteiger partial charge on any atom is 0.189 e. The minimum Gasteiger partial charge on any atom is -0.346 e. The van der Waals surface area contributed by atoms with E-state index in [1.165, 1.54) is 63.4 Å². The van der Waals surface area contributed by atoms with Crippen LogP contribution in [0.2, 0.25) is 0 Å². The zero-order valence-corrected chi connectivity index (χ0v) is 12.3. The lowest BCUT2D eigenvalue weighted by atomic mass is 9.65. The van der Waals surface area contributed by atoms with Gasteiger partial charge in [0.25, 0.3) is 0 Å². The molecule has 0 aromatic carbocycles. The van der Waals surface area contributed by atoms with E-state index in [1.54, 1.807) is 0 Å². The Balaban J connectivity index is 1.51. The summed E-state index contributed by atoms with van der Waals surface area (Å²) in [4.78, 5) is 0. The van der Waals surface area contributed by atoms with E-state index in [4.69, 9.17) is 9.47 Å². The van der Waals surface area contributed by atoms with E-state index in [2.05, 4.69) is 13.5 Å². The first-order valence-corrected chi connectivity index (χ1v) is 8.21. The van der Waals surface area contributed by atoms with Gasteiger partial charge in [-0.15, -0.1) is 0 Å². The Morgan fingerprint density at radius 1 is 1.21 bits per heavy atom. The summed E-state index contributed by atoms with van der Waals surface area (Å²) in [6.07, 6.45) is 14.1. The molecule has 1 heterocycles. The lowest BCUT2D eigenvalue weighted by molar-refractivity contribution is -0.0654. The van der Waals surface area contributed by atoms with Crippen LogP contribution in [0.1, 0.15) is 71.1 Å². The smallest absolute Gasteiger partial charge is 0.189 e. The van der Waals surface area contributed by atoms with Crippen LogP contribution in [0.25, 0.3) is 0 Å². The molecule has 2 saturated carbocycles. The van der Waals surface area contributed by atoms with Gasteiger partial charge in [0.2, 0.25) is 0 Å². The van der Waals surface area contributed by atoms with E-state index < -0.39 is 0 Å². The van der Waals surface area contributed by atoms with E-state index in [9.17, 15) is 0 Å². The van der Waals surface area contributed by atoms with E-state index in [0.717, 1.165) is 6.42 Å². The molecule has 2 nitrogen and oxygen atoms in total. The number of epoxide rings is 1. The number of rotatable bonds is 4. The predicted octanol–water partition coefficient (Wildman–Crippen LogP) is 4.59. The monoisotopic (exact) mass is 264 g/mol. The maximum atomic E-state index is 6.18. The summed E-state index contributed by atoms with van der Waals surface area (Å²) in [7, 11) is 0. The molecule has 0 radical (unpaired) electrons. The molecule has 0 amide bonds. The average molecular weight is 264 g/mol. The quantitative estimate of drug-likeness (QED) is 0.547. The summed E-state index contributed by atoms with van der Waals surface area (Å²) in [5.74, 6) is 0. The molecule has 108 valence electrons. The van der Waals surface area contributed by atoms with Gasteiger partial charge in [0.1, 0.15) is 6.10 Å². The van der Waals surface area contributed by atoms with E-state index in [-0.39, 0.29) is 12.4 Å². The highest BCUT2D eigenvalue weighted by atomic mass is 16.8. The number of hydrogen-bond acceptors (Lipinski definition) is 2. The van der Waals surface area contributed by atoms with Gasteiger partial charge in [0, 0.05) is 0 Å². The molecule has 0 N–H and O–H groups in total. The molecule has 1 aliphatic heterocycles. The molecular weight excluding hydrogens is 236 g/mol. The summed E-state index contributed by atoms with van der Waals surface area (Å²) in [6, 6.07) is 0. The Bertz CT molecular complexity index is 325. The third-order valence-electron chi connectivity index (χ3n) is 5.44. The van der Waals surface area contributed by atoms with Gasteiger partial charge < -0.3 is 9.47 Å². The van der Waals surface area contributed by atoms with Crippen LogP contribution in [-0.4, -0.2) is 18.5 Å². The van der Waals surface area contributed by atoms with Crippen LogP contribution in [0.15, 0.2) is 12.2 Å². The fourth-order valence-corrected chi connectivity index (χ4v) is 4.15. The summed E-state index contributed by atoms with van der Waals surface area (Å²) < 4.78 is 11.8. The molecule has 0 aromatic heterocycles. The standard InChI is InChI=1S/C17H28O2/c1-3-13(2)15-16(19-15)18-14-8-7-11-17(12-14)9-5-4-6-10-17/h14-16H,2-12H2,1H3. The van der Waals surface area contributed by atoms with Gasteiger partial charge >= 0.3 is 0 Å². The van der Waals surface area contributed by atoms with Crippen molar-refractivity contribution < 1.29 is 9.47 Å². The largest absolute Gasteiger partial charge is 0.346 e. The normalized spacial score (nSPS) is 37.2. The van der Waals surface area contributed by atoms with E-state index in [0.29, 0.717) is 11.5 Å². The molecule has 1 spiro atoms. The fourth-order valence-electron chi connectivity index (χ4n) is 4.15.